The smallest absolute Gasteiger partial charge is 0.380 e. The Hall–Kier alpha value is -1.86. The Bertz CT molecular complexity index is 938. The standard InChI is InChI=1S/C21H27NO5S/c1-3-26-20(23)19-9-8-18-17-6-4-13-12-14(27-28(22,24)25)5-7-15(13)16(17)10-11-21(18,19)2/h5,7,9,12,16-18H,3-4,6,8,10-11H2,1-2H3,(H2,22,24,25). The lowest BCUT2D eigenvalue weighted by molar-refractivity contribution is -0.140. The van der Waals surface area contributed by atoms with Crippen LogP contribution in [0.2, 0.25) is 0 Å². The molecule has 4 unspecified atom stereocenters. The maximum Gasteiger partial charge on any atom is 0.380 e. The first-order chi connectivity index (χ1) is 13.2. The third kappa shape index (κ3) is 3.24. The van der Waals surface area contributed by atoms with Crippen molar-refractivity contribution in [1.29, 1.82) is 0 Å². The van der Waals surface area contributed by atoms with Crippen LogP contribution in [0.5, 0.6) is 5.75 Å². The Morgan fingerprint density at radius 3 is 2.82 bits per heavy atom. The molecular weight excluding hydrogens is 378 g/mol. The molecule has 0 aromatic heterocycles. The van der Waals surface area contributed by atoms with Gasteiger partial charge in [0.15, 0.2) is 0 Å². The Morgan fingerprint density at radius 2 is 2.11 bits per heavy atom. The minimum atomic E-state index is -4.02. The quantitative estimate of drug-likeness (QED) is 0.776. The Balaban J connectivity index is 1.59. The number of hydrogen-bond donors (Lipinski definition) is 1. The first kappa shape index (κ1) is 19.5. The van der Waals surface area contributed by atoms with Crippen molar-refractivity contribution in [3.63, 3.8) is 0 Å². The number of aryl methyl sites for hydroxylation is 1. The van der Waals surface area contributed by atoms with Crippen molar-refractivity contribution in [2.45, 2.75) is 51.9 Å². The van der Waals surface area contributed by atoms with Crippen molar-refractivity contribution < 1.29 is 22.1 Å². The molecule has 7 heteroatoms. The van der Waals surface area contributed by atoms with E-state index in [0.717, 1.165) is 43.2 Å². The number of carbonyl (C=O) groups is 1. The lowest BCUT2D eigenvalue weighted by atomic mass is 9.54. The van der Waals surface area contributed by atoms with Gasteiger partial charge in [-0.2, -0.15) is 13.6 Å². The molecule has 0 saturated heterocycles. The number of esters is 1. The molecule has 1 saturated carbocycles. The number of ether oxygens (including phenoxy) is 1. The van der Waals surface area contributed by atoms with Gasteiger partial charge in [-0.1, -0.05) is 19.1 Å². The number of hydrogen-bond acceptors (Lipinski definition) is 5. The van der Waals surface area contributed by atoms with Crippen LogP contribution < -0.4 is 9.32 Å². The van der Waals surface area contributed by atoms with Gasteiger partial charge < -0.3 is 8.92 Å². The van der Waals surface area contributed by atoms with E-state index in [9.17, 15) is 13.2 Å². The fourth-order valence-corrected chi connectivity index (χ4v) is 6.21. The van der Waals surface area contributed by atoms with Crippen LogP contribution in [0.3, 0.4) is 0 Å². The van der Waals surface area contributed by atoms with Gasteiger partial charge in [-0.05, 0) is 80.0 Å². The highest BCUT2D eigenvalue weighted by Crippen LogP contribution is 2.61. The summed E-state index contributed by atoms with van der Waals surface area (Å²) < 4.78 is 32.6. The second-order valence-electron chi connectivity index (χ2n) is 8.38. The summed E-state index contributed by atoms with van der Waals surface area (Å²) in [6.45, 7) is 4.47. The van der Waals surface area contributed by atoms with Crippen molar-refractivity contribution in [2.24, 2.45) is 22.4 Å². The Labute approximate surface area is 166 Å². The summed E-state index contributed by atoms with van der Waals surface area (Å²) in [4.78, 5) is 12.5. The molecule has 1 fully saturated rings. The summed E-state index contributed by atoms with van der Waals surface area (Å²) in [5.74, 6) is 1.50. The predicted octanol–water partition coefficient (Wildman–Crippen LogP) is 3.22. The van der Waals surface area contributed by atoms with E-state index in [1.165, 1.54) is 5.56 Å². The van der Waals surface area contributed by atoms with Gasteiger partial charge in [-0.3, -0.25) is 0 Å². The number of benzene rings is 1. The van der Waals surface area contributed by atoms with Gasteiger partial charge in [0, 0.05) is 11.0 Å². The molecule has 3 aliphatic rings. The third-order valence-electron chi connectivity index (χ3n) is 6.99. The topological polar surface area (TPSA) is 95.7 Å². The van der Waals surface area contributed by atoms with E-state index in [1.807, 2.05) is 13.0 Å². The van der Waals surface area contributed by atoms with Crippen LogP contribution in [-0.4, -0.2) is 21.0 Å². The molecule has 0 radical (unpaired) electrons. The van der Waals surface area contributed by atoms with Crippen LogP contribution in [0.4, 0.5) is 0 Å². The first-order valence-corrected chi connectivity index (χ1v) is 11.4. The minimum Gasteiger partial charge on any atom is -0.463 e. The van der Waals surface area contributed by atoms with E-state index < -0.39 is 10.3 Å². The van der Waals surface area contributed by atoms with Gasteiger partial charge in [0.25, 0.3) is 0 Å². The highest BCUT2D eigenvalue weighted by Gasteiger charge is 2.53. The number of allylic oxidation sites excluding steroid dienone is 1. The Kier molecular flexibility index (Phi) is 4.78. The molecule has 0 heterocycles. The van der Waals surface area contributed by atoms with Gasteiger partial charge in [-0.15, -0.1) is 0 Å². The zero-order valence-corrected chi connectivity index (χ0v) is 17.1. The molecule has 1 aromatic rings. The molecular formula is C21H27NO5S. The molecule has 28 heavy (non-hydrogen) atoms. The average Bonchev–Trinajstić information content (AvgIpc) is 2.97. The van der Waals surface area contributed by atoms with Crippen LogP contribution >= 0.6 is 0 Å². The average molecular weight is 406 g/mol. The molecule has 0 aliphatic heterocycles. The summed E-state index contributed by atoms with van der Waals surface area (Å²) in [7, 11) is -4.02. The van der Waals surface area contributed by atoms with Crippen LogP contribution in [0, 0.1) is 17.3 Å². The maximum absolute atomic E-state index is 12.5. The monoisotopic (exact) mass is 405 g/mol. The minimum absolute atomic E-state index is 0.110. The van der Waals surface area contributed by atoms with Crippen LogP contribution in [0.15, 0.2) is 29.8 Å². The SMILES string of the molecule is CCOC(=O)C1=CCC2C3CCc4cc(OS(N)(=O)=O)ccc4C3CCC12C. The molecule has 0 bridgehead atoms. The van der Waals surface area contributed by atoms with Gasteiger partial charge in [0.05, 0.1) is 6.61 Å². The lowest BCUT2D eigenvalue weighted by Crippen LogP contribution is -2.42. The number of nitrogens with two attached hydrogens (primary N) is 1. The van der Waals surface area contributed by atoms with Crippen molar-refractivity contribution in [3.8, 4) is 5.75 Å². The van der Waals surface area contributed by atoms with Crippen molar-refractivity contribution in [1.82, 2.24) is 0 Å². The zero-order valence-electron chi connectivity index (χ0n) is 16.3. The predicted molar refractivity (Wildman–Crippen MR) is 105 cm³/mol. The molecule has 152 valence electrons. The molecule has 4 rings (SSSR count). The van der Waals surface area contributed by atoms with E-state index in [-0.39, 0.29) is 17.1 Å². The van der Waals surface area contributed by atoms with Gasteiger partial charge in [0.1, 0.15) is 5.75 Å². The molecule has 0 spiro atoms. The number of carbonyl (C=O) groups excluding carboxylic acids is 1. The highest BCUT2D eigenvalue weighted by atomic mass is 32.2. The summed E-state index contributed by atoms with van der Waals surface area (Å²) >= 11 is 0. The second kappa shape index (κ2) is 6.88. The van der Waals surface area contributed by atoms with Gasteiger partial charge in [-0.25, -0.2) is 4.79 Å². The normalized spacial score (nSPS) is 31.2. The molecule has 4 atom stereocenters. The summed E-state index contributed by atoms with van der Waals surface area (Å²) in [6, 6.07) is 5.49. The van der Waals surface area contributed by atoms with E-state index in [0.29, 0.717) is 24.4 Å². The molecule has 6 nitrogen and oxygen atoms in total. The van der Waals surface area contributed by atoms with Gasteiger partial charge >= 0.3 is 16.3 Å². The largest absolute Gasteiger partial charge is 0.463 e. The van der Waals surface area contributed by atoms with E-state index >= 15 is 0 Å². The lowest BCUT2D eigenvalue weighted by Gasteiger charge is -2.50. The number of rotatable bonds is 4. The van der Waals surface area contributed by atoms with E-state index in [1.54, 1.807) is 12.1 Å². The summed E-state index contributed by atoms with van der Waals surface area (Å²) in [5, 5.41) is 4.99. The van der Waals surface area contributed by atoms with Crippen molar-refractivity contribution >= 4 is 16.3 Å². The fraction of sp³-hybridized carbons (Fsp3) is 0.571. The second-order valence-corrected chi connectivity index (χ2v) is 9.53. The van der Waals surface area contributed by atoms with Gasteiger partial charge in [0.2, 0.25) is 0 Å². The summed E-state index contributed by atoms with van der Waals surface area (Å²) in [5.41, 5.74) is 3.18. The maximum atomic E-state index is 12.5. The fourth-order valence-electron chi connectivity index (χ4n) is 5.84. The summed E-state index contributed by atoms with van der Waals surface area (Å²) in [6.07, 6.45) is 6.90. The van der Waals surface area contributed by atoms with Crippen LogP contribution in [0.1, 0.15) is 56.6 Å². The third-order valence-corrected chi connectivity index (χ3v) is 7.41. The molecule has 2 N–H and O–H groups in total. The number of fused-ring (bicyclic) bond motifs is 5. The Morgan fingerprint density at radius 1 is 1.32 bits per heavy atom. The molecule has 0 amide bonds. The van der Waals surface area contributed by atoms with E-state index in [4.69, 9.17) is 14.1 Å². The zero-order chi connectivity index (χ0) is 20.1. The molecule has 3 aliphatic carbocycles. The van der Waals surface area contributed by atoms with Crippen LogP contribution in [-0.2, 0) is 26.3 Å². The first-order valence-electron chi connectivity index (χ1n) is 9.95. The van der Waals surface area contributed by atoms with Crippen molar-refractivity contribution in [3.05, 3.63) is 41.0 Å². The van der Waals surface area contributed by atoms with Crippen molar-refractivity contribution in [2.75, 3.05) is 6.61 Å². The molecule has 1 aromatic carbocycles. The van der Waals surface area contributed by atoms with E-state index in [2.05, 4.69) is 13.0 Å². The highest BCUT2D eigenvalue weighted by molar-refractivity contribution is 7.84. The van der Waals surface area contributed by atoms with Crippen LogP contribution in [0.25, 0.3) is 0 Å².